The molecule has 6 nitrogen and oxygen atoms in total. The largest absolute Gasteiger partial charge is 0.505 e. The van der Waals surface area contributed by atoms with Gasteiger partial charge in [0.05, 0.1) is 12.7 Å². The summed E-state index contributed by atoms with van der Waals surface area (Å²) in [7, 11) is 1.52. The molecule has 21 heavy (non-hydrogen) atoms. The molecule has 0 aromatic rings. The van der Waals surface area contributed by atoms with Gasteiger partial charge < -0.3 is 14.6 Å². The molecule has 1 aliphatic carbocycles. The Hall–Kier alpha value is -0.850. The lowest BCUT2D eigenvalue weighted by Gasteiger charge is -2.35. The van der Waals surface area contributed by atoms with Gasteiger partial charge in [0, 0.05) is 13.5 Å². The molecule has 1 unspecified atom stereocenters. The maximum atomic E-state index is 10.3. The minimum Gasteiger partial charge on any atom is -0.450 e. The molecule has 0 aromatic heterocycles. The molecule has 1 N–H and O–H groups in total. The van der Waals surface area contributed by atoms with E-state index >= 15 is 0 Å². The fourth-order valence-corrected chi connectivity index (χ4v) is 2.67. The van der Waals surface area contributed by atoms with Crippen LogP contribution in [0.2, 0.25) is 0 Å². The highest BCUT2D eigenvalue weighted by atomic mass is 17.2. The zero-order valence-electron chi connectivity index (χ0n) is 13.3. The molecule has 6 heteroatoms. The Kier molecular flexibility index (Phi) is 8.00. The number of methoxy groups -OCH3 is 1. The van der Waals surface area contributed by atoms with Gasteiger partial charge in [-0.05, 0) is 32.6 Å². The highest BCUT2D eigenvalue weighted by Crippen LogP contribution is 2.34. The van der Waals surface area contributed by atoms with Crippen molar-refractivity contribution < 1.29 is 29.1 Å². The van der Waals surface area contributed by atoms with Gasteiger partial charge in [-0.15, -0.1) is 0 Å². The normalized spacial score (nSPS) is 18.4. The Morgan fingerprint density at radius 1 is 1.29 bits per heavy atom. The molecule has 1 fully saturated rings. The highest BCUT2D eigenvalue weighted by molar-refractivity contribution is 5.56. The first kappa shape index (κ1) is 18.2. The van der Waals surface area contributed by atoms with Crippen molar-refractivity contribution in [1.29, 1.82) is 0 Å². The van der Waals surface area contributed by atoms with Crippen LogP contribution in [0.4, 0.5) is 4.79 Å². The summed E-state index contributed by atoms with van der Waals surface area (Å²) >= 11 is 0. The molecule has 1 aliphatic rings. The zero-order chi connectivity index (χ0) is 15.7. The molecule has 1 saturated carbocycles. The number of rotatable bonds is 9. The van der Waals surface area contributed by atoms with Gasteiger partial charge in [0.2, 0.25) is 0 Å². The summed E-state index contributed by atoms with van der Waals surface area (Å²) in [5.41, 5.74) is -0.291. The average molecular weight is 304 g/mol. The van der Waals surface area contributed by atoms with Crippen molar-refractivity contribution in [2.75, 3.05) is 20.3 Å². The zero-order valence-corrected chi connectivity index (χ0v) is 13.3. The smallest absolute Gasteiger partial charge is 0.450 e. The maximum Gasteiger partial charge on any atom is 0.505 e. The molecule has 0 radical (unpaired) electrons. The van der Waals surface area contributed by atoms with Crippen LogP contribution in [0.25, 0.3) is 0 Å². The first-order chi connectivity index (χ1) is 9.95. The van der Waals surface area contributed by atoms with Gasteiger partial charge >= 0.3 is 6.16 Å². The molecule has 1 atom stereocenters. The fourth-order valence-electron chi connectivity index (χ4n) is 2.67. The van der Waals surface area contributed by atoms with Crippen LogP contribution in [0, 0.1) is 5.92 Å². The van der Waals surface area contributed by atoms with Gasteiger partial charge in [-0.1, -0.05) is 19.3 Å². The minimum absolute atomic E-state index is 0.00120. The van der Waals surface area contributed by atoms with Crippen LogP contribution in [0.15, 0.2) is 0 Å². The van der Waals surface area contributed by atoms with E-state index in [1.165, 1.54) is 39.2 Å². The van der Waals surface area contributed by atoms with Crippen molar-refractivity contribution in [2.45, 2.75) is 64.1 Å². The topological polar surface area (TPSA) is 74.2 Å². The second kappa shape index (κ2) is 9.23. The summed E-state index contributed by atoms with van der Waals surface area (Å²) in [5, 5.41) is 8.45. The van der Waals surface area contributed by atoms with Crippen molar-refractivity contribution in [3.63, 3.8) is 0 Å². The second-order valence-corrected chi connectivity index (χ2v) is 6.07. The summed E-state index contributed by atoms with van der Waals surface area (Å²) in [6, 6.07) is 0. The quantitative estimate of drug-likeness (QED) is 0.304. The van der Waals surface area contributed by atoms with E-state index in [0.717, 1.165) is 0 Å². The number of hydrogen-bond acceptors (Lipinski definition) is 5. The average Bonchev–Trinajstić information content (AvgIpc) is 2.47. The first-order valence-corrected chi connectivity index (χ1v) is 7.65. The van der Waals surface area contributed by atoms with Gasteiger partial charge in [-0.25, -0.2) is 14.6 Å². The van der Waals surface area contributed by atoms with Crippen molar-refractivity contribution in [3.05, 3.63) is 0 Å². The minimum atomic E-state index is -1.30. The summed E-state index contributed by atoms with van der Waals surface area (Å²) in [5.74, 6) is 0.528. The molecule has 0 heterocycles. The highest BCUT2D eigenvalue weighted by Gasteiger charge is 2.32. The summed E-state index contributed by atoms with van der Waals surface area (Å²) in [6.45, 7) is 4.47. The third-order valence-electron chi connectivity index (χ3n) is 4.11. The third kappa shape index (κ3) is 7.11. The van der Waals surface area contributed by atoms with Crippen LogP contribution in [-0.2, 0) is 19.2 Å². The number of carboxylic acid groups (broad SMARTS) is 1. The SMILES string of the molecule is COC(CCOOC(C)(C)C1CCCCC1)COC(=O)O. The van der Waals surface area contributed by atoms with Gasteiger partial charge in [0.25, 0.3) is 0 Å². The van der Waals surface area contributed by atoms with E-state index in [1.807, 2.05) is 0 Å². The van der Waals surface area contributed by atoms with E-state index in [1.54, 1.807) is 0 Å². The molecule has 124 valence electrons. The lowest BCUT2D eigenvalue weighted by molar-refractivity contribution is -0.367. The standard InChI is InChI=1S/C15H28O6/c1-15(2,12-7-5-4-6-8-12)21-20-10-9-13(18-3)11-19-14(16)17/h12-13H,4-11H2,1-3H3,(H,16,17). The lowest BCUT2D eigenvalue weighted by atomic mass is 9.79. The maximum absolute atomic E-state index is 10.3. The molecular formula is C15H28O6. The van der Waals surface area contributed by atoms with E-state index < -0.39 is 6.16 Å². The lowest BCUT2D eigenvalue weighted by Crippen LogP contribution is -2.36. The Labute approximate surface area is 126 Å². The molecular weight excluding hydrogens is 276 g/mol. The molecule has 0 amide bonds. The summed E-state index contributed by atoms with van der Waals surface area (Å²) in [6.07, 6.45) is 5.10. The van der Waals surface area contributed by atoms with Crippen molar-refractivity contribution in [3.8, 4) is 0 Å². The van der Waals surface area contributed by atoms with E-state index in [-0.39, 0.29) is 18.3 Å². The van der Waals surface area contributed by atoms with Crippen molar-refractivity contribution in [2.24, 2.45) is 5.92 Å². The van der Waals surface area contributed by atoms with Crippen LogP contribution in [-0.4, -0.2) is 43.3 Å². The Balaban J connectivity index is 2.20. The predicted molar refractivity (Wildman–Crippen MR) is 77.1 cm³/mol. The van der Waals surface area contributed by atoms with Crippen LogP contribution in [0.3, 0.4) is 0 Å². The van der Waals surface area contributed by atoms with E-state index in [9.17, 15) is 4.79 Å². The van der Waals surface area contributed by atoms with Gasteiger partial charge in [0.15, 0.2) is 0 Å². The summed E-state index contributed by atoms with van der Waals surface area (Å²) in [4.78, 5) is 21.2. The van der Waals surface area contributed by atoms with Crippen molar-refractivity contribution in [1.82, 2.24) is 0 Å². The van der Waals surface area contributed by atoms with Crippen LogP contribution in [0.1, 0.15) is 52.4 Å². The molecule has 0 aromatic carbocycles. The molecule has 0 aliphatic heterocycles. The van der Waals surface area contributed by atoms with Gasteiger partial charge in [-0.2, -0.15) is 0 Å². The number of carbonyl (C=O) groups is 1. The fraction of sp³-hybridized carbons (Fsp3) is 0.933. The third-order valence-corrected chi connectivity index (χ3v) is 4.11. The molecule has 1 rings (SSSR count). The Bertz CT molecular complexity index is 299. The number of ether oxygens (including phenoxy) is 2. The van der Waals surface area contributed by atoms with Gasteiger partial charge in [0.1, 0.15) is 12.2 Å². The Morgan fingerprint density at radius 2 is 1.95 bits per heavy atom. The van der Waals surface area contributed by atoms with Crippen LogP contribution in [0.5, 0.6) is 0 Å². The molecule has 0 saturated heterocycles. The summed E-state index contributed by atoms with van der Waals surface area (Å²) < 4.78 is 9.61. The van der Waals surface area contributed by atoms with E-state index in [4.69, 9.17) is 19.6 Å². The monoisotopic (exact) mass is 304 g/mol. The van der Waals surface area contributed by atoms with Gasteiger partial charge in [-0.3, -0.25) is 0 Å². The molecule has 0 bridgehead atoms. The molecule has 0 spiro atoms. The second-order valence-electron chi connectivity index (χ2n) is 6.07. The van der Waals surface area contributed by atoms with Crippen LogP contribution < -0.4 is 0 Å². The van der Waals surface area contributed by atoms with Crippen molar-refractivity contribution >= 4 is 6.16 Å². The van der Waals surface area contributed by atoms with Crippen LogP contribution >= 0.6 is 0 Å². The number of hydrogen-bond donors (Lipinski definition) is 1. The van der Waals surface area contributed by atoms with E-state index in [2.05, 4.69) is 18.6 Å². The van der Waals surface area contributed by atoms with E-state index in [0.29, 0.717) is 18.9 Å². The Morgan fingerprint density at radius 3 is 2.52 bits per heavy atom. The predicted octanol–water partition coefficient (Wildman–Crippen LogP) is 3.39. The first-order valence-electron chi connectivity index (χ1n) is 7.65.